The van der Waals surface area contributed by atoms with E-state index >= 15 is 0 Å². The Morgan fingerprint density at radius 2 is 2.08 bits per heavy atom. The number of anilines is 1. The Morgan fingerprint density at radius 1 is 1.33 bits per heavy atom. The van der Waals surface area contributed by atoms with Gasteiger partial charge < -0.3 is 10.3 Å². The van der Waals surface area contributed by atoms with E-state index in [4.69, 9.17) is 10.3 Å². The number of nitrogens with one attached hydrogen (secondary N) is 1. The van der Waals surface area contributed by atoms with Crippen LogP contribution in [0.3, 0.4) is 0 Å². The van der Waals surface area contributed by atoms with Crippen LogP contribution in [0, 0.1) is 0 Å². The third-order valence-electron chi connectivity index (χ3n) is 4.22. The fourth-order valence-corrected chi connectivity index (χ4v) is 4.11. The van der Waals surface area contributed by atoms with Gasteiger partial charge in [-0.25, -0.2) is 8.42 Å². The standard InChI is InChI=1S/C16H22N4O3S/c1-2-10-24(21,22)20-13-7-5-6-12(11-13)14-18-15(19-23-14)16(17)8-3-4-9-16/h5-7,11,20H,2-4,8-10,17H2,1H3. The maximum Gasteiger partial charge on any atom is 0.258 e. The van der Waals surface area contributed by atoms with Gasteiger partial charge >= 0.3 is 0 Å². The Morgan fingerprint density at radius 3 is 2.79 bits per heavy atom. The SMILES string of the molecule is CCCS(=O)(=O)Nc1cccc(-c2nc(C3(N)CCCC3)no2)c1. The number of rotatable bonds is 6. The lowest BCUT2D eigenvalue weighted by molar-refractivity contribution is 0.372. The van der Waals surface area contributed by atoms with Crippen molar-refractivity contribution in [1.29, 1.82) is 0 Å². The van der Waals surface area contributed by atoms with E-state index in [2.05, 4.69) is 14.9 Å². The fraction of sp³-hybridized carbons (Fsp3) is 0.500. The molecule has 2 aromatic rings. The summed E-state index contributed by atoms with van der Waals surface area (Å²) in [5.74, 6) is 0.947. The molecular formula is C16H22N4O3S. The summed E-state index contributed by atoms with van der Waals surface area (Å²) in [6.45, 7) is 1.82. The van der Waals surface area contributed by atoms with Crippen LogP contribution < -0.4 is 10.5 Å². The first kappa shape index (κ1) is 16.9. The van der Waals surface area contributed by atoms with Crippen molar-refractivity contribution in [2.75, 3.05) is 10.5 Å². The first-order valence-corrected chi connectivity index (χ1v) is 9.81. The number of nitrogens with zero attached hydrogens (tertiary/aromatic N) is 2. The van der Waals surface area contributed by atoms with Gasteiger partial charge in [-0.05, 0) is 37.5 Å². The van der Waals surface area contributed by atoms with Crippen molar-refractivity contribution in [3.05, 3.63) is 30.1 Å². The minimum absolute atomic E-state index is 0.0810. The van der Waals surface area contributed by atoms with Gasteiger partial charge in [-0.2, -0.15) is 4.98 Å². The van der Waals surface area contributed by atoms with Gasteiger partial charge in [-0.15, -0.1) is 0 Å². The largest absolute Gasteiger partial charge is 0.334 e. The Kier molecular flexibility index (Phi) is 4.60. The lowest BCUT2D eigenvalue weighted by Gasteiger charge is -2.17. The molecule has 24 heavy (non-hydrogen) atoms. The van der Waals surface area contributed by atoms with E-state index in [1.165, 1.54) is 0 Å². The van der Waals surface area contributed by atoms with Crippen molar-refractivity contribution in [1.82, 2.24) is 10.1 Å². The predicted molar refractivity (Wildman–Crippen MR) is 91.8 cm³/mol. The normalized spacial score (nSPS) is 17.1. The number of nitrogens with two attached hydrogens (primary N) is 1. The Balaban J connectivity index is 1.83. The van der Waals surface area contributed by atoms with Gasteiger partial charge in [0.1, 0.15) is 0 Å². The highest BCUT2D eigenvalue weighted by Crippen LogP contribution is 2.35. The molecule has 8 heteroatoms. The Hall–Kier alpha value is -1.93. The highest BCUT2D eigenvalue weighted by molar-refractivity contribution is 7.92. The fourth-order valence-electron chi connectivity index (χ4n) is 2.99. The number of sulfonamides is 1. The molecule has 0 amide bonds. The summed E-state index contributed by atoms with van der Waals surface area (Å²) >= 11 is 0. The summed E-state index contributed by atoms with van der Waals surface area (Å²) in [5.41, 5.74) is 6.97. The molecule has 0 unspecified atom stereocenters. The summed E-state index contributed by atoms with van der Waals surface area (Å²) in [7, 11) is -3.34. The Bertz CT molecular complexity index is 810. The van der Waals surface area contributed by atoms with Crippen LogP contribution in [0.2, 0.25) is 0 Å². The molecule has 0 spiro atoms. The monoisotopic (exact) mass is 350 g/mol. The first-order valence-electron chi connectivity index (χ1n) is 8.16. The van der Waals surface area contributed by atoms with E-state index in [-0.39, 0.29) is 5.75 Å². The summed E-state index contributed by atoms with van der Waals surface area (Å²) in [4.78, 5) is 4.43. The molecule has 1 fully saturated rings. The third kappa shape index (κ3) is 3.59. The average Bonchev–Trinajstić information content (AvgIpc) is 3.16. The van der Waals surface area contributed by atoms with Crippen molar-refractivity contribution in [2.45, 2.75) is 44.6 Å². The second-order valence-electron chi connectivity index (χ2n) is 6.29. The quantitative estimate of drug-likeness (QED) is 0.828. The number of benzene rings is 1. The van der Waals surface area contributed by atoms with Crippen molar-refractivity contribution in [3.63, 3.8) is 0 Å². The van der Waals surface area contributed by atoms with E-state index in [0.29, 0.717) is 29.4 Å². The summed E-state index contributed by atoms with van der Waals surface area (Å²) in [5, 5.41) is 4.03. The first-order chi connectivity index (χ1) is 11.4. The maximum absolute atomic E-state index is 11.9. The average molecular weight is 350 g/mol. The van der Waals surface area contributed by atoms with Gasteiger partial charge in [0.15, 0.2) is 5.82 Å². The van der Waals surface area contributed by atoms with Crippen molar-refractivity contribution >= 4 is 15.7 Å². The van der Waals surface area contributed by atoms with Crippen LogP contribution in [0.1, 0.15) is 44.9 Å². The molecular weight excluding hydrogens is 328 g/mol. The summed E-state index contributed by atoms with van der Waals surface area (Å²) in [6, 6.07) is 6.92. The van der Waals surface area contributed by atoms with Crippen molar-refractivity contribution in [3.8, 4) is 11.5 Å². The molecule has 7 nitrogen and oxygen atoms in total. The van der Waals surface area contributed by atoms with Crippen LogP contribution in [0.4, 0.5) is 5.69 Å². The zero-order valence-corrected chi connectivity index (χ0v) is 14.5. The van der Waals surface area contributed by atoms with E-state index in [1.54, 1.807) is 24.3 Å². The molecule has 1 saturated carbocycles. The van der Waals surface area contributed by atoms with Gasteiger partial charge in [-0.3, -0.25) is 4.72 Å². The minimum atomic E-state index is -3.34. The van der Waals surface area contributed by atoms with E-state index < -0.39 is 15.6 Å². The van der Waals surface area contributed by atoms with Gasteiger partial charge in [0, 0.05) is 11.3 Å². The number of hydrogen-bond acceptors (Lipinski definition) is 6. The lowest BCUT2D eigenvalue weighted by Crippen LogP contribution is -2.34. The van der Waals surface area contributed by atoms with E-state index in [1.807, 2.05) is 6.92 Å². The van der Waals surface area contributed by atoms with Crippen LogP contribution in [-0.4, -0.2) is 24.3 Å². The van der Waals surface area contributed by atoms with Gasteiger partial charge in [0.2, 0.25) is 10.0 Å². The molecule has 130 valence electrons. The second kappa shape index (κ2) is 6.52. The van der Waals surface area contributed by atoms with Gasteiger partial charge in [-0.1, -0.05) is 31.0 Å². The molecule has 1 aliphatic carbocycles. The minimum Gasteiger partial charge on any atom is -0.334 e. The highest BCUT2D eigenvalue weighted by atomic mass is 32.2. The molecule has 0 radical (unpaired) electrons. The number of hydrogen-bond donors (Lipinski definition) is 2. The summed E-state index contributed by atoms with van der Waals surface area (Å²) in [6.07, 6.45) is 4.39. The molecule has 1 aliphatic rings. The van der Waals surface area contributed by atoms with Crippen LogP contribution in [0.5, 0.6) is 0 Å². The number of aromatic nitrogens is 2. The smallest absolute Gasteiger partial charge is 0.258 e. The van der Waals surface area contributed by atoms with Crippen molar-refractivity contribution < 1.29 is 12.9 Å². The topological polar surface area (TPSA) is 111 Å². The van der Waals surface area contributed by atoms with Gasteiger partial charge in [0.05, 0.1) is 11.3 Å². The predicted octanol–water partition coefficient (Wildman–Crippen LogP) is 2.62. The summed E-state index contributed by atoms with van der Waals surface area (Å²) < 4.78 is 31.7. The second-order valence-corrected chi connectivity index (χ2v) is 8.13. The highest BCUT2D eigenvalue weighted by Gasteiger charge is 2.36. The van der Waals surface area contributed by atoms with E-state index in [9.17, 15) is 8.42 Å². The van der Waals surface area contributed by atoms with Gasteiger partial charge in [0.25, 0.3) is 5.89 Å². The maximum atomic E-state index is 11.9. The molecule has 0 saturated heterocycles. The third-order valence-corrected chi connectivity index (χ3v) is 5.72. The molecule has 1 aromatic heterocycles. The molecule has 1 heterocycles. The van der Waals surface area contributed by atoms with Crippen LogP contribution >= 0.6 is 0 Å². The zero-order valence-electron chi connectivity index (χ0n) is 13.7. The van der Waals surface area contributed by atoms with E-state index in [0.717, 1.165) is 25.7 Å². The molecule has 3 N–H and O–H groups in total. The van der Waals surface area contributed by atoms with Crippen molar-refractivity contribution in [2.24, 2.45) is 5.73 Å². The van der Waals surface area contributed by atoms with Crippen LogP contribution in [0.25, 0.3) is 11.5 Å². The molecule has 0 atom stereocenters. The van der Waals surface area contributed by atoms with Crippen LogP contribution in [-0.2, 0) is 15.6 Å². The molecule has 3 rings (SSSR count). The van der Waals surface area contributed by atoms with Crippen LogP contribution in [0.15, 0.2) is 28.8 Å². The lowest BCUT2D eigenvalue weighted by atomic mass is 9.99. The molecule has 0 bridgehead atoms. The molecule has 1 aromatic carbocycles. The molecule has 0 aliphatic heterocycles. The Labute approximate surface area is 141 Å². The zero-order chi connectivity index (χ0) is 17.2.